The van der Waals surface area contributed by atoms with E-state index in [0.717, 1.165) is 32.1 Å². The molecular formula is C21H39ClO7. The lowest BCUT2D eigenvalue weighted by Gasteiger charge is -2.24. The van der Waals surface area contributed by atoms with Gasteiger partial charge < -0.3 is 30.3 Å². The summed E-state index contributed by atoms with van der Waals surface area (Å²) in [6.07, 6.45) is 5.92. The van der Waals surface area contributed by atoms with Crippen LogP contribution in [0.15, 0.2) is 0 Å². The molecule has 0 bridgehead atoms. The van der Waals surface area contributed by atoms with Crippen LogP contribution >= 0.6 is 11.6 Å². The molecule has 0 spiro atoms. The Balaban J connectivity index is 2.24. The number of esters is 1. The zero-order valence-electron chi connectivity index (χ0n) is 17.3. The molecule has 0 aromatic heterocycles. The van der Waals surface area contributed by atoms with Gasteiger partial charge >= 0.3 is 5.97 Å². The fraction of sp³-hybridized carbons (Fsp3) is 0.952. The van der Waals surface area contributed by atoms with Crippen molar-refractivity contribution in [1.82, 2.24) is 0 Å². The van der Waals surface area contributed by atoms with Crippen LogP contribution in [0, 0.1) is 11.8 Å². The summed E-state index contributed by atoms with van der Waals surface area (Å²) in [7, 11) is 0. The van der Waals surface area contributed by atoms with Crippen molar-refractivity contribution in [1.29, 1.82) is 0 Å². The molecular weight excluding hydrogens is 400 g/mol. The van der Waals surface area contributed by atoms with Crippen molar-refractivity contribution in [2.45, 2.75) is 101 Å². The minimum atomic E-state index is -1.33. The van der Waals surface area contributed by atoms with Crippen LogP contribution in [0.5, 0.6) is 0 Å². The lowest BCUT2D eigenvalue weighted by atomic mass is 9.85. The summed E-state index contributed by atoms with van der Waals surface area (Å²) in [6.45, 7) is -0.0953. The summed E-state index contributed by atoms with van der Waals surface area (Å²) in [6, 6.07) is 0. The average Bonchev–Trinajstić information content (AvgIpc) is 2.93. The number of aliphatic hydroxyl groups excluding tert-OH is 4. The average molecular weight is 439 g/mol. The summed E-state index contributed by atoms with van der Waals surface area (Å²) in [5, 5.41) is 46.7. The highest BCUT2D eigenvalue weighted by atomic mass is 35.5. The van der Waals surface area contributed by atoms with Gasteiger partial charge in [0.25, 0.3) is 0 Å². The first kappa shape index (κ1) is 26.6. The molecule has 5 N–H and O–H groups in total. The second-order valence-electron chi connectivity index (χ2n) is 8.19. The first-order valence-corrected chi connectivity index (χ1v) is 11.4. The topological polar surface area (TPSA) is 127 Å². The fourth-order valence-electron chi connectivity index (χ4n) is 4.24. The van der Waals surface area contributed by atoms with Crippen molar-refractivity contribution in [3.63, 3.8) is 0 Å². The van der Waals surface area contributed by atoms with E-state index in [9.17, 15) is 15.0 Å². The molecule has 29 heavy (non-hydrogen) atoms. The normalized spacial score (nSPS) is 25.5. The van der Waals surface area contributed by atoms with Crippen LogP contribution in [0.1, 0.15) is 77.0 Å². The van der Waals surface area contributed by atoms with E-state index in [2.05, 4.69) is 0 Å². The SMILES string of the molecule is O=C(CCCCCCC1C(Cl)CC(O)C1CCC(O)CCCC(O)O)OCCO. The maximum absolute atomic E-state index is 11.4. The van der Waals surface area contributed by atoms with Gasteiger partial charge in [-0.15, -0.1) is 11.6 Å². The molecule has 0 heterocycles. The Morgan fingerprint density at radius 3 is 2.38 bits per heavy atom. The second kappa shape index (κ2) is 15.4. The van der Waals surface area contributed by atoms with E-state index in [1.54, 1.807) is 0 Å². The third-order valence-corrected chi connectivity index (χ3v) is 6.33. The number of halogens is 1. The fourth-order valence-corrected chi connectivity index (χ4v) is 4.73. The van der Waals surface area contributed by atoms with Gasteiger partial charge in [0.05, 0.1) is 18.8 Å². The summed E-state index contributed by atoms with van der Waals surface area (Å²) >= 11 is 6.47. The number of carbonyl (C=O) groups is 1. The number of carbonyl (C=O) groups excluding carboxylic acids is 1. The Bertz CT molecular complexity index is 435. The van der Waals surface area contributed by atoms with Crippen molar-refractivity contribution in [3.05, 3.63) is 0 Å². The summed E-state index contributed by atoms with van der Waals surface area (Å²) < 4.78 is 4.82. The molecule has 8 heteroatoms. The Morgan fingerprint density at radius 1 is 0.966 bits per heavy atom. The van der Waals surface area contributed by atoms with Crippen molar-refractivity contribution < 1.29 is 35.1 Å². The summed E-state index contributed by atoms with van der Waals surface area (Å²) in [5.74, 6) is 0.0441. The summed E-state index contributed by atoms with van der Waals surface area (Å²) in [4.78, 5) is 11.4. The number of ether oxygens (including phenoxy) is 1. The number of rotatable bonds is 16. The maximum atomic E-state index is 11.4. The Labute approximate surface area is 179 Å². The van der Waals surface area contributed by atoms with Crippen molar-refractivity contribution in [3.8, 4) is 0 Å². The van der Waals surface area contributed by atoms with Gasteiger partial charge in [0.1, 0.15) is 6.61 Å². The standard InChI is InChI=1S/C21H39ClO7/c22-18-14-19(25)17(11-10-15(24)6-5-8-20(26)27)16(18)7-3-1-2-4-9-21(28)29-13-12-23/h15-20,23-27H,1-14H2. The van der Waals surface area contributed by atoms with E-state index in [1.807, 2.05) is 0 Å². The zero-order chi connectivity index (χ0) is 21.6. The maximum Gasteiger partial charge on any atom is 0.305 e. The molecule has 5 atom stereocenters. The third-order valence-electron chi connectivity index (χ3n) is 5.83. The smallest absolute Gasteiger partial charge is 0.305 e. The lowest BCUT2D eigenvalue weighted by molar-refractivity contribution is -0.144. The predicted octanol–water partition coefficient (Wildman–Crippen LogP) is 2.09. The van der Waals surface area contributed by atoms with Gasteiger partial charge in [-0.2, -0.15) is 0 Å². The van der Waals surface area contributed by atoms with Gasteiger partial charge in [0, 0.05) is 11.8 Å². The molecule has 0 aromatic carbocycles. The van der Waals surface area contributed by atoms with E-state index >= 15 is 0 Å². The molecule has 1 rings (SSSR count). The zero-order valence-corrected chi connectivity index (χ0v) is 18.1. The molecule has 7 nitrogen and oxygen atoms in total. The van der Waals surface area contributed by atoms with Crippen LogP contribution < -0.4 is 0 Å². The monoisotopic (exact) mass is 438 g/mol. The molecule has 1 saturated carbocycles. The highest BCUT2D eigenvalue weighted by Gasteiger charge is 2.40. The van der Waals surface area contributed by atoms with Gasteiger partial charge in [-0.3, -0.25) is 4.79 Å². The van der Waals surface area contributed by atoms with Crippen LogP contribution in [-0.2, 0) is 9.53 Å². The van der Waals surface area contributed by atoms with Crippen LogP contribution in [0.2, 0.25) is 0 Å². The summed E-state index contributed by atoms with van der Waals surface area (Å²) in [5.41, 5.74) is 0. The van der Waals surface area contributed by atoms with Gasteiger partial charge in [-0.05, 0) is 63.2 Å². The van der Waals surface area contributed by atoms with Crippen LogP contribution in [0.25, 0.3) is 0 Å². The highest BCUT2D eigenvalue weighted by molar-refractivity contribution is 6.21. The number of alkyl halides is 1. The van der Waals surface area contributed by atoms with E-state index in [0.29, 0.717) is 38.5 Å². The first-order valence-electron chi connectivity index (χ1n) is 11.0. The minimum Gasteiger partial charge on any atom is -0.463 e. The molecule has 1 aliphatic carbocycles. The molecule has 0 saturated heterocycles. The lowest BCUT2D eigenvalue weighted by Crippen LogP contribution is -2.23. The molecule has 0 radical (unpaired) electrons. The Morgan fingerprint density at radius 2 is 1.69 bits per heavy atom. The largest absolute Gasteiger partial charge is 0.463 e. The van der Waals surface area contributed by atoms with Crippen LogP contribution in [0.3, 0.4) is 0 Å². The number of aliphatic hydroxyl groups is 5. The van der Waals surface area contributed by atoms with Gasteiger partial charge in [-0.25, -0.2) is 0 Å². The highest BCUT2D eigenvalue weighted by Crippen LogP contribution is 2.42. The van der Waals surface area contributed by atoms with Crippen molar-refractivity contribution >= 4 is 17.6 Å². The van der Waals surface area contributed by atoms with Gasteiger partial charge in [0.2, 0.25) is 0 Å². The second-order valence-corrected chi connectivity index (χ2v) is 8.75. The van der Waals surface area contributed by atoms with Gasteiger partial charge in [0.15, 0.2) is 6.29 Å². The Kier molecular flexibility index (Phi) is 14.1. The van der Waals surface area contributed by atoms with E-state index in [-0.39, 0.29) is 42.8 Å². The predicted molar refractivity (Wildman–Crippen MR) is 110 cm³/mol. The third kappa shape index (κ3) is 11.5. The van der Waals surface area contributed by atoms with Crippen LogP contribution in [-0.4, -0.2) is 68.6 Å². The van der Waals surface area contributed by atoms with E-state index in [4.69, 9.17) is 31.7 Å². The molecule has 5 unspecified atom stereocenters. The number of hydrogen-bond acceptors (Lipinski definition) is 7. The quantitative estimate of drug-likeness (QED) is 0.108. The number of hydrogen-bond donors (Lipinski definition) is 5. The number of unbranched alkanes of at least 4 members (excludes halogenated alkanes) is 3. The van der Waals surface area contributed by atoms with Gasteiger partial charge in [-0.1, -0.05) is 19.3 Å². The van der Waals surface area contributed by atoms with E-state index in [1.165, 1.54) is 0 Å². The van der Waals surface area contributed by atoms with E-state index < -0.39 is 18.5 Å². The van der Waals surface area contributed by atoms with Crippen LogP contribution in [0.4, 0.5) is 0 Å². The van der Waals surface area contributed by atoms with Crippen molar-refractivity contribution in [2.24, 2.45) is 11.8 Å². The molecule has 0 aromatic rings. The Hall–Kier alpha value is -0.440. The molecule has 1 fully saturated rings. The molecule has 172 valence electrons. The van der Waals surface area contributed by atoms with Crippen molar-refractivity contribution in [2.75, 3.05) is 13.2 Å². The molecule has 0 aliphatic heterocycles. The molecule has 1 aliphatic rings. The minimum absolute atomic E-state index is 0.0508. The first-order chi connectivity index (χ1) is 13.8. The molecule has 0 amide bonds.